The highest BCUT2D eigenvalue weighted by molar-refractivity contribution is 6.01. The second-order valence-electron chi connectivity index (χ2n) is 9.68. The topological polar surface area (TPSA) is 88.2 Å². The van der Waals surface area contributed by atoms with Crippen molar-refractivity contribution in [2.45, 2.75) is 56.8 Å². The fraction of sp³-hybridized carbons (Fsp3) is 0.625. The monoisotopic (exact) mass is 441 g/mol. The van der Waals surface area contributed by atoms with Gasteiger partial charge in [0.05, 0.1) is 13.2 Å². The normalized spacial score (nSPS) is 26.9. The molecule has 3 atom stereocenters. The van der Waals surface area contributed by atoms with Crippen LogP contribution in [0.25, 0.3) is 0 Å². The number of carbonyl (C=O) groups excluding carboxylic acids is 3. The zero-order chi connectivity index (χ0) is 22.3. The molecule has 1 aromatic carbocycles. The van der Waals surface area contributed by atoms with Crippen LogP contribution in [0.4, 0.5) is 0 Å². The van der Waals surface area contributed by atoms with Crippen molar-refractivity contribution in [3.8, 4) is 5.75 Å². The predicted molar refractivity (Wildman–Crippen MR) is 116 cm³/mol. The summed E-state index contributed by atoms with van der Waals surface area (Å²) in [7, 11) is 1.55. The van der Waals surface area contributed by atoms with E-state index in [1.54, 1.807) is 11.9 Å². The van der Waals surface area contributed by atoms with Gasteiger partial charge in [-0.1, -0.05) is 0 Å². The first-order valence-corrected chi connectivity index (χ1v) is 11.6. The Kier molecular flexibility index (Phi) is 5.67. The van der Waals surface area contributed by atoms with Crippen LogP contribution in [0, 0.1) is 5.41 Å². The molecular weight excluding hydrogens is 410 g/mol. The summed E-state index contributed by atoms with van der Waals surface area (Å²) in [6, 6.07) is 5.41. The van der Waals surface area contributed by atoms with Crippen molar-refractivity contribution >= 4 is 18.1 Å². The van der Waals surface area contributed by atoms with Crippen LogP contribution in [0.3, 0.4) is 0 Å². The van der Waals surface area contributed by atoms with E-state index in [0.717, 1.165) is 63.2 Å². The van der Waals surface area contributed by atoms with Gasteiger partial charge in [0.25, 0.3) is 5.91 Å². The van der Waals surface area contributed by atoms with Gasteiger partial charge >= 0.3 is 0 Å². The fourth-order valence-electron chi connectivity index (χ4n) is 5.73. The second-order valence-corrected chi connectivity index (χ2v) is 9.68. The highest BCUT2D eigenvalue weighted by Gasteiger charge is 2.52. The first-order chi connectivity index (χ1) is 15.5. The van der Waals surface area contributed by atoms with E-state index in [2.05, 4.69) is 10.2 Å². The Labute approximate surface area is 188 Å². The molecule has 3 fully saturated rings. The SMILES string of the molecule is CNC(=O)C(CCC=O)N1Cc2cc(OC3CCCC3N3CC4(COC4)C3)ccc2C1=O. The number of amides is 2. The number of benzene rings is 1. The smallest absolute Gasteiger partial charge is 0.255 e. The summed E-state index contributed by atoms with van der Waals surface area (Å²) < 4.78 is 11.8. The average Bonchev–Trinajstić information content (AvgIpc) is 3.31. The molecule has 2 amide bonds. The second kappa shape index (κ2) is 8.48. The summed E-state index contributed by atoms with van der Waals surface area (Å²) in [5.41, 5.74) is 1.88. The molecule has 1 N–H and O–H groups in total. The van der Waals surface area contributed by atoms with Crippen LogP contribution >= 0.6 is 0 Å². The molecule has 8 heteroatoms. The van der Waals surface area contributed by atoms with Crippen LogP contribution in [-0.2, 0) is 20.9 Å². The fourth-order valence-corrected chi connectivity index (χ4v) is 5.73. The van der Waals surface area contributed by atoms with Gasteiger partial charge in [0, 0.05) is 50.1 Å². The predicted octanol–water partition coefficient (Wildman–Crippen LogP) is 1.37. The van der Waals surface area contributed by atoms with Crippen LogP contribution in [0.5, 0.6) is 5.75 Å². The number of ether oxygens (including phenoxy) is 2. The third-order valence-electron chi connectivity index (χ3n) is 7.46. The first kappa shape index (κ1) is 21.4. The minimum absolute atomic E-state index is 0.158. The lowest BCUT2D eigenvalue weighted by Crippen LogP contribution is -2.69. The molecule has 0 bridgehead atoms. The Balaban J connectivity index is 1.26. The highest BCUT2D eigenvalue weighted by Crippen LogP contribution is 2.42. The van der Waals surface area contributed by atoms with Crippen LogP contribution in [0.1, 0.15) is 48.0 Å². The summed E-state index contributed by atoms with van der Waals surface area (Å²) in [6.07, 6.45) is 4.85. The summed E-state index contributed by atoms with van der Waals surface area (Å²) in [5.74, 6) is 0.364. The number of aldehydes is 1. The van der Waals surface area contributed by atoms with Crippen LogP contribution < -0.4 is 10.1 Å². The molecule has 5 rings (SSSR count). The van der Waals surface area contributed by atoms with Gasteiger partial charge in [0.2, 0.25) is 5.91 Å². The van der Waals surface area contributed by atoms with Gasteiger partial charge in [0.15, 0.2) is 0 Å². The van der Waals surface area contributed by atoms with Crippen LogP contribution in [0.15, 0.2) is 18.2 Å². The van der Waals surface area contributed by atoms with E-state index in [0.29, 0.717) is 30.0 Å². The van der Waals surface area contributed by atoms with Crippen molar-refractivity contribution in [3.63, 3.8) is 0 Å². The van der Waals surface area contributed by atoms with Gasteiger partial charge in [-0.25, -0.2) is 0 Å². The maximum Gasteiger partial charge on any atom is 0.255 e. The van der Waals surface area contributed by atoms with Gasteiger partial charge in [-0.3, -0.25) is 14.5 Å². The van der Waals surface area contributed by atoms with Gasteiger partial charge in [-0.2, -0.15) is 0 Å². The Morgan fingerprint density at radius 1 is 1.34 bits per heavy atom. The zero-order valence-corrected chi connectivity index (χ0v) is 18.5. The molecular formula is C24H31N3O5. The molecule has 1 saturated carbocycles. The van der Waals surface area contributed by atoms with Crippen molar-refractivity contribution in [2.24, 2.45) is 5.41 Å². The molecule has 4 aliphatic rings. The summed E-state index contributed by atoms with van der Waals surface area (Å²) in [5, 5.41) is 2.61. The van der Waals surface area contributed by atoms with Gasteiger partial charge in [-0.05, 0) is 49.4 Å². The third kappa shape index (κ3) is 3.69. The van der Waals surface area contributed by atoms with Gasteiger partial charge in [0.1, 0.15) is 24.2 Å². The molecule has 172 valence electrons. The zero-order valence-electron chi connectivity index (χ0n) is 18.5. The standard InChI is InChI=1S/C24H31N3O5/c1-25-22(29)20(5-3-9-28)27-11-16-10-17(7-8-18(16)23(27)30)32-21-6-2-4-19(21)26-12-24(13-26)14-31-15-24/h7-10,19-21H,2-6,11-15H2,1H3,(H,25,29). The lowest BCUT2D eigenvalue weighted by atomic mass is 9.77. The van der Waals surface area contributed by atoms with Gasteiger partial charge < -0.3 is 24.5 Å². The van der Waals surface area contributed by atoms with E-state index >= 15 is 0 Å². The van der Waals surface area contributed by atoms with E-state index < -0.39 is 6.04 Å². The lowest BCUT2D eigenvalue weighted by molar-refractivity contribution is -0.202. The van der Waals surface area contributed by atoms with E-state index in [1.807, 2.05) is 18.2 Å². The number of nitrogens with zero attached hydrogens (tertiary/aromatic N) is 2. The Hall–Kier alpha value is -2.45. The Bertz CT molecular complexity index is 907. The number of likely N-dealkylation sites (N-methyl/N-ethyl adjacent to an activating group) is 1. The Morgan fingerprint density at radius 3 is 2.84 bits per heavy atom. The number of nitrogens with one attached hydrogen (secondary N) is 1. The number of carbonyl (C=O) groups is 3. The van der Waals surface area contributed by atoms with Crippen LogP contribution in [-0.4, -0.2) is 79.4 Å². The van der Waals surface area contributed by atoms with Crippen molar-refractivity contribution in [1.29, 1.82) is 0 Å². The molecule has 3 heterocycles. The van der Waals surface area contributed by atoms with Crippen molar-refractivity contribution in [1.82, 2.24) is 15.1 Å². The Morgan fingerprint density at radius 2 is 2.16 bits per heavy atom. The number of likely N-dealkylation sites (tertiary alicyclic amines) is 1. The molecule has 0 radical (unpaired) electrons. The molecule has 3 aliphatic heterocycles. The van der Waals surface area contributed by atoms with Crippen molar-refractivity contribution in [3.05, 3.63) is 29.3 Å². The largest absolute Gasteiger partial charge is 0.489 e. The first-order valence-electron chi connectivity index (χ1n) is 11.6. The minimum Gasteiger partial charge on any atom is -0.489 e. The highest BCUT2D eigenvalue weighted by atomic mass is 16.5. The van der Waals surface area contributed by atoms with Crippen LogP contribution in [0.2, 0.25) is 0 Å². The molecule has 0 aromatic heterocycles. The third-order valence-corrected chi connectivity index (χ3v) is 7.46. The molecule has 2 saturated heterocycles. The molecule has 3 unspecified atom stereocenters. The quantitative estimate of drug-likeness (QED) is 0.613. The van der Waals surface area contributed by atoms with E-state index in [4.69, 9.17) is 9.47 Å². The van der Waals surface area contributed by atoms with Gasteiger partial charge in [-0.15, -0.1) is 0 Å². The maximum absolute atomic E-state index is 13.0. The molecule has 1 spiro atoms. The molecule has 1 aromatic rings. The molecule has 32 heavy (non-hydrogen) atoms. The number of rotatable bonds is 8. The molecule has 1 aliphatic carbocycles. The van der Waals surface area contributed by atoms with Crippen molar-refractivity contribution < 1.29 is 23.9 Å². The van der Waals surface area contributed by atoms with Crippen molar-refractivity contribution in [2.75, 3.05) is 33.4 Å². The summed E-state index contributed by atoms with van der Waals surface area (Å²) >= 11 is 0. The van der Waals surface area contributed by atoms with E-state index in [-0.39, 0.29) is 24.3 Å². The number of hydrogen-bond donors (Lipinski definition) is 1. The van der Waals surface area contributed by atoms with E-state index in [1.165, 1.54) is 0 Å². The maximum atomic E-state index is 13.0. The number of fused-ring (bicyclic) bond motifs is 1. The molecule has 8 nitrogen and oxygen atoms in total. The average molecular weight is 442 g/mol. The summed E-state index contributed by atoms with van der Waals surface area (Å²) in [4.78, 5) is 40.3. The lowest BCUT2D eigenvalue weighted by Gasteiger charge is -2.57. The minimum atomic E-state index is -0.650. The summed E-state index contributed by atoms with van der Waals surface area (Å²) in [6.45, 7) is 4.34. The number of hydrogen-bond acceptors (Lipinski definition) is 6. The van der Waals surface area contributed by atoms with E-state index in [9.17, 15) is 14.4 Å².